The number of aryl methyl sites for hydroxylation is 1. The number of anilines is 1. The molecule has 0 atom stereocenters. The number of nitrogens with two attached hydrogens (primary N) is 1. The van der Waals surface area contributed by atoms with Crippen LogP contribution in [0, 0.1) is 12.7 Å². The van der Waals surface area contributed by atoms with Gasteiger partial charge in [0.05, 0.1) is 0 Å². The van der Waals surface area contributed by atoms with Crippen molar-refractivity contribution < 1.29 is 12.8 Å². The lowest BCUT2D eigenvalue weighted by Gasteiger charge is -2.18. The van der Waals surface area contributed by atoms with Crippen molar-refractivity contribution in [1.82, 2.24) is 4.31 Å². The van der Waals surface area contributed by atoms with E-state index in [0.29, 0.717) is 12.0 Å². The van der Waals surface area contributed by atoms with E-state index in [-0.39, 0.29) is 17.1 Å². The van der Waals surface area contributed by atoms with Gasteiger partial charge in [0.15, 0.2) is 0 Å². The zero-order valence-corrected chi connectivity index (χ0v) is 13.5. The lowest BCUT2D eigenvalue weighted by molar-refractivity contribution is 0.466. The Labute approximate surface area is 128 Å². The number of likely N-dealkylation sites (N-methyl/N-ethyl adjacent to an activating group) is 1. The molecule has 4 nitrogen and oxygen atoms in total. The Morgan fingerprint density at radius 1 is 1.38 bits per heavy atom. The van der Waals surface area contributed by atoms with E-state index in [1.54, 1.807) is 18.3 Å². The van der Waals surface area contributed by atoms with Gasteiger partial charge in [0, 0.05) is 24.2 Å². The van der Waals surface area contributed by atoms with Gasteiger partial charge in [0.2, 0.25) is 10.0 Å². The summed E-state index contributed by atoms with van der Waals surface area (Å²) in [5.74, 6) is -0.773. The number of rotatable bonds is 5. The maximum Gasteiger partial charge on any atom is 0.245 e. The average molecular weight is 328 g/mol. The van der Waals surface area contributed by atoms with E-state index in [4.69, 9.17) is 5.73 Å². The number of hydrogen-bond donors (Lipinski definition) is 1. The number of benzene rings is 1. The molecule has 0 saturated heterocycles. The summed E-state index contributed by atoms with van der Waals surface area (Å²) in [7, 11) is -2.44. The van der Waals surface area contributed by atoms with Crippen molar-refractivity contribution in [2.45, 2.75) is 18.2 Å². The van der Waals surface area contributed by atoms with Crippen LogP contribution in [-0.4, -0.2) is 26.3 Å². The monoisotopic (exact) mass is 328 g/mol. The van der Waals surface area contributed by atoms with Crippen LogP contribution in [-0.2, 0) is 16.4 Å². The zero-order chi connectivity index (χ0) is 15.6. The summed E-state index contributed by atoms with van der Waals surface area (Å²) >= 11 is 1.56. The fraction of sp³-hybridized carbons (Fsp3) is 0.286. The van der Waals surface area contributed by atoms with Gasteiger partial charge in [0.25, 0.3) is 0 Å². The molecule has 1 aromatic carbocycles. The molecule has 2 N–H and O–H groups in total. The summed E-state index contributed by atoms with van der Waals surface area (Å²) in [6, 6.07) is 6.18. The summed E-state index contributed by atoms with van der Waals surface area (Å²) < 4.78 is 39.9. The first kappa shape index (κ1) is 15.9. The summed E-state index contributed by atoms with van der Waals surface area (Å²) in [6.45, 7) is 1.92. The number of nitrogen functional groups attached to an aromatic ring is 1. The van der Waals surface area contributed by atoms with Gasteiger partial charge in [-0.1, -0.05) is 6.07 Å². The van der Waals surface area contributed by atoms with Gasteiger partial charge >= 0.3 is 0 Å². The lowest BCUT2D eigenvalue weighted by atomic mass is 10.2. The second-order valence-electron chi connectivity index (χ2n) is 4.80. The number of hydrogen-bond acceptors (Lipinski definition) is 4. The molecule has 0 fully saturated rings. The molecule has 0 amide bonds. The molecule has 0 bridgehead atoms. The SMILES string of the molecule is Cc1cc(F)c(S(=O)(=O)N(C)CCc2cccs2)cc1N. The maximum atomic E-state index is 13.9. The molecule has 0 radical (unpaired) electrons. The van der Waals surface area contributed by atoms with E-state index in [0.717, 1.165) is 15.2 Å². The molecule has 1 heterocycles. The van der Waals surface area contributed by atoms with Gasteiger partial charge in [-0.15, -0.1) is 11.3 Å². The molecule has 0 aliphatic carbocycles. The Bertz CT molecular complexity index is 728. The van der Waals surface area contributed by atoms with Crippen LogP contribution >= 0.6 is 11.3 Å². The molecule has 0 spiro atoms. The van der Waals surface area contributed by atoms with Crippen LogP contribution < -0.4 is 5.73 Å². The Balaban J connectivity index is 2.22. The zero-order valence-electron chi connectivity index (χ0n) is 11.8. The van der Waals surface area contributed by atoms with Crippen molar-refractivity contribution in [3.63, 3.8) is 0 Å². The Kier molecular flexibility index (Phi) is 4.65. The van der Waals surface area contributed by atoms with E-state index in [9.17, 15) is 12.8 Å². The maximum absolute atomic E-state index is 13.9. The third-order valence-corrected chi connectivity index (χ3v) is 6.07. The van der Waals surface area contributed by atoms with Gasteiger partial charge in [-0.2, -0.15) is 0 Å². The van der Waals surface area contributed by atoms with Crippen molar-refractivity contribution in [1.29, 1.82) is 0 Å². The molecule has 0 saturated carbocycles. The number of nitrogens with zero attached hydrogens (tertiary/aromatic N) is 1. The van der Waals surface area contributed by atoms with Crippen molar-refractivity contribution in [2.24, 2.45) is 0 Å². The topological polar surface area (TPSA) is 63.4 Å². The predicted molar refractivity (Wildman–Crippen MR) is 83.4 cm³/mol. The predicted octanol–water partition coefficient (Wildman–Crippen LogP) is 2.64. The van der Waals surface area contributed by atoms with Crippen molar-refractivity contribution in [2.75, 3.05) is 19.3 Å². The summed E-state index contributed by atoms with van der Waals surface area (Å²) in [5.41, 5.74) is 6.48. The minimum atomic E-state index is -3.88. The van der Waals surface area contributed by atoms with Gasteiger partial charge in [-0.3, -0.25) is 0 Å². The second kappa shape index (κ2) is 6.13. The molecular weight excluding hydrogens is 311 g/mol. The molecule has 2 aromatic rings. The van der Waals surface area contributed by atoms with Gasteiger partial charge in [0.1, 0.15) is 10.7 Å². The smallest absolute Gasteiger partial charge is 0.245 e. The fourth-order valence-corrected chi connectivity index (χ4v) is 3.82. The second-order valence-corrected chi connectivity index (χ2v) is 7.84. The highest BCUT2D eigenvalue weighted by Gasteiger charge is 2.25. The van der Waals surface area contributed by atoms with E-state index in [1.807, 2.05) is 17.5 Å². The van der Waals surface area contributed by atoms with Crippen LogP contribution in [0.1, 0.15) is 10.4 Å². The Morgan fingerprint density at radius 3 is 2.71 bits per heavy atom. The highest BCUT2D eigenvalue weighted by atomic mass is 32.2. The molecule has 0 aliphatic rings. The normalized spacial score (nSPS) is 12.0. The van der Waals surface area contributed by atoms with Crippen LogP contribution in [0.3, 0.4) is 0 Å². The van der Waals surface area contributed by atoms with Gasteiger partial charge in [-0.25, -0.2) is 17.1 Å². The molecule has 0 aliphatic heterocycles. The van der Waals surface area contributed by atoms with Crippen LogP contribution in [0.15, 0.2) is 34.5 Å². The third kappa shape index (κ3) is 3.42. The lowest BCUT2D eigenvalue weighted by Crippen LogP contribution is -2.29. The van der Waals surface area contributed by atoms with Crippen LogP contribution in [0.25, 0.3) is 0 Å². The number of thiophene rings is 1. The Morgan fingerprint density at radius 2 is 2.10 bits per heavy atom. The highest BCUT2D eigenvalue weighted by molar-refractivity contribution is 7.89. The highest BCUT2D eigenvalue weighted by Crippen LogP contribution is 2.24. The number of halogens is 1. The molecule has 2 rings (SSSR count). The van der Waals surface area contributed by atoms with Crippen molar-refractivity contribution in [3.8, 4) is 0 Å². The first-order valence-electron chi connectivity index (χ1n) is 6.36. The van der Waals surface area contributed by atoms with Crippen molar-refractivity contribution >= 4 is 27.0 Å². The first-order chi connectivity index (χ1) is 9.82. The van der Waals surface area contributed by atoms with E-state index < -0.39 is 15.8 Å². The van der Waals surface area contributed by atoms with E-state index in [1.165, 1.54) is 13.1 Å². The molecule has 0 unspecified atom stereocenters. The summed E-state index contributed by atoms with van der Waals surface area (Å²) in [5, 5.41) is 1.93. The largest absolute Gasteiger partial charge is 0.398 e. The molecule has 1 aromatic heterocycles. The number of sulfonamides is 1. The van der Waals surface area contributed by atoms with Gasteiger partial charge in [-0.05, 0) is 42.5 Å². The quantitative estimate of drug-likeness (QED) is 0.858. The van der Waals surface area contributed by atoms with E-state index >= 15 is 0 Å². The van der Waals surface area contributed by atoms with Crippen LogP contribution in [0.2, 0.25) is 0 Å². The molecule has 114 valence electrons. The minimum absolute atomic E-state index is 0.265. The summed E-state index contributed by atoms with van der Waals surface area (Å²) in [6.07, 6.45) is 0.594. The van der Waals surface area contributed by atoms with E-state index in [2.05, 4.69) is 0 Å². The standard InChI is InChI=1S/C14H17FN2O2S2/c1-10-8-12(15)14(9-13(10)16)21(18,19)17(2)6-5-11-4-3-7-20-11/h3-4,7-9H,5-6,16H2,1-2H3. The average Bonchev–Trinajstić information content (AvgIpc) is 2.93. The minimum Gasteiger partial charge on any atom is -0.398 e. The third-order valence-electron chi connectivity index (χ3n) is 3.26. The molecule has 7 heteroatoms. The molecule has 21 heavy (non-hydrogen) atoms. The summed E-state index contributed by atoms with van der Waals surface area (Å²) in [4.78, 5) is 0.709. The molecular formula is C14H17FN2O2S2. The van der Waals surface area contributed by atoms with Crippen molar-refractivity contribution in [3.05, 3.63) is 45.9 Å². The van der Waals surface area contributed by atoms with Crippen LogP contribution in [0.4, 0.5) is 10.1 Å². The first-order valence-corrected chi connectivity index (χ1v) is 8.68. The van der Waals surface area contributed by atoms with Crippen LogP contribution in [0.5, 0.6) is 0 Å². The fourth-order valence-electron chi connectivity index (χ4n) is 1.88. The van der Waals surface area contributed by atoms with Gasteiger partial charge < -0.3 is 5.73 Å². The Hall–Kier alpha value is -1.44.